The van der Waals surface area contributed by atoms with Gasteiger partial charge in [0.1, 0.15) is 0 Å². The molecule has 1 N–H and O–H groups in total. The number of alkyl halides is 1. The number of halogens is 1. The quantitative estimate of drug-likeness (QED) is 0.476. The van der Waals surface area contributed by atoms with Crippen LogP contribution in [0.4, 0.5) is 0 Å². The lowest BCUT2D eigenvalue weighted by Crippen LogP contribution is -2.45. The van der Waals surface area contributed by atoms with Crippen LogP contribution in [0.25, 0.3) is 0 Å². The smallest absolute Gasteiger partial charge is 0.332 e. The highest BCUT2D eigenvalue weighted by molar-refractivity contribution is 14.1. The van der Waals surface area contributed by atoms with Crippen molar-refractivity contribution in [3.8, 4) is 0 Å². The lowest BCUT2D eigenvalue weighted by atomic mass is 9.65. The fourth-order valence-corrected chi connectivity index (χ4v) is 5.58. The predicted molar refractivity (Wildman–Crippen MR) is 72.8 cm³/mol. The number of carboxylic acid groups (broad SMARTS) is 1. The van der Waals surface area contributed by atoms with Gasteiger partial charge in [0, 0.05) is 5.57 Å². The minimum Gasteiger partial charge on any atom is -0.478 e. The zero-order valence-corrected chi connectivity index (χ0v) is 12.3. The van der Waals surface area contributed by atoms with Crippen LogP contribution < -0.4 is 0 Å². The third-order valence-electron chi connectivity index (χ3n) is 5.57. The molecule has 3 atom stereocenters. The van der Waals surface area contributed by atoms with Crippen molar-refractivity contribution in [1.82, 2.24) is 0 Å². The maximum Gasteiger partial charge on any atom is 0.332 e. The summed E-state index contributed by atoms with van der Waals surface area (Å²) in [5.41, 5.74) is 0.693. The van der Waals surface area contributed by atoms with E-state index in [-0.39, 0.29) is 14.3 Å². The Morgan fingerprint density at radius 3 is 2.31 bits per heavy atom. The maximum atomic E-state index is 11.2. The first kappa shape index (κ1) is 12.4. The van der Waals surface area contributed by atoms with Crippen molar-refractivity contribution < 1.29 is 9.90 Å². The van der Waals surface area contributed by atoms with Gasteiger partial charge in [-0.2, -0.15) is 0 Å². The fraction of sp³-hybridized carbons (Fsp3) is 0.769. The van der Waals surface area contributed by atoms with Crippen molar-refractivity contribution in [2.75, 3.05) is 0 Å². The summed E-state index contributed by atoms with van der Waals surface area (Å²) in [6, 6.07) is 0. The summed E-state index contributed by atoms with van der Waals surface area (Å²) >= 11 is 2.36. The molecule has 16 heavy (non-hydrogen) atoms. The summed E-state index contributed by atoms with van der Waals surface area (Å²) in [5.74, 6) is -0.190. The SMILES string of the molecule is C=C(C(=O)O)C1(I)CC2CCC1(C)C2(C)C. The normalized spacial score (nSPS) is 44.6. The van der Waals surface area contributed by atoms with Crippen molar-refractivity contribution in [2.24, 2.45) is 16.7 Å². The Balaban J connectivity index is 2.48. The van der Waals surface area contributed by atoms with Crippen molar-refractivity contribution in [1.29, 1.82) is 0 Å². The van der Waals surface area contributed by atoms with E-state index in [1.54, 1.807) is 0 Å². The Labute approximate surface area is 111 Å². The van der Waals surface area contributed by atoms with Crippen LogP contribution in [0, 0.1) is 16.7 Å². The zero-order valence-electron chi connectivity index (χ0n) is 10.1. The third kappa shape index (κ3) is 1.16. The van der Waals surface area contributed by atoms with Crippen LogP contribution in [0.5, 0.6) is 0 Å². The van der Waals surface area contributed by atoms with E-state index in [1.807, 2.05) is 0 Å². The molecule has 0 saturated heterocycles. The summed E-state index contributed by atoms with van der Waals surface area (Å²) < 4.78 is -0.261. The Bertz CT molecular complexity index is 374. The number of rotatable bonds is 2. The van der Waals surface area contributed by atoms with Crippen molar-refractivity contribution in [2.45, 2.75) is 43.5 Å². The third-order valence-corrected chi connectivity index (χ3v) is 7.86. The summed E-state index contributed by atoms with van der Waals surface area (Å²) in [6.45, 7) is 10.7. The lowest BCUT2D eigenvalue weighted by molar-refractivity contribution is -0.133. The van der Waals surface area contributed by atoms with E-state index < -0.39 is 5.97 Å². The standard InChI is InChI=1S/C13H19IO2/c1-8(10(15)16)13(14)7-9-5-6-12(13,4)11(9,2)3/h9H,1,5-7H2,2-4H3,(H,15,16). The van der Waals surface area contributed by atoms with Gasteiger partial charge >= 0.3 is 5.97 Å². The topological polar surface area (TPSA) is 37.3 Å². The monoisotopic (exact) mass is 334 g/mol. The summed E-state index contributed by atoms with van der Waals surface area (Å²) in [5, 5.41) is 9.22. The molecule has 0 heterocycles. The Morgan fingerprint density at radius 1 is 1.44 bits per heavy atom. The average Bonchev–Trinajstić information content (AvgIpc) is 2.48. The number of hydrogen-bond acceptors (Lipinski definition) is 1. The second kappa shape index (κ2) is 3.24. The first-order valence-corrected chi connectivity index (χ1v) is 6.86. The molecule has 3 unspecified atom stereocenters. The number of fused-ring (bicyclic) bond motifs is 2. The Hall–Kier alpha value is -0.0600. The van der Waals surface area contributed by atoms with Gasteiger partial charge in [-0.3, -0.25) is 0 Å². The number of hydrogen-bond donors (Lipinski definition) is 1. The molecule has 2 bridgehead atoms. The second-order valence-corrected chi connectivity index (χ2v) is 7.92. The molecule has 0 spiro atoms. The molecule has 0 amide bonds. The average molecular weight is 334 g/mol. The Morgan fingerprint density at radius 2 is 2.00 bits per heavy atom. The predicted octanol–water partition coefficient (Wildman–Crippen LogP) is 3.65. The molecule has 2 nitrogen and oxygen atoms in total. The van der Waals surface area contributed by atoms with Gasteiger partial charge in [-0.1, -0.05) is 49.9 Å². The van der Waals surface area contributed by atoms with Gasteiger partial charge in [0.25, 0.3) is 0 Å². The molecule has 0 aliphatic heterocycles. The molecule has 2 aliphatic rings. The van der Waals surface area contributed by atoms with E-state index in [1.165, 1.54) is 6.42 Å². The van der Waals surface area contributed by atoms with Crippen LogP contribution in [-0.4, -0.2) is 14.5 Å². The van der Waals surface area contributed by atoms with Crippen LogP contribution in [0.1, 0.15) is 40.0 Å². The highest BCUT2D eigenvalue weighted by atomic mass is 127. The molecule has 0 aromatic heterocycles. The largest absolute Gasteiger partial charge is 0.478 e. The van der Waals surface area contributed by atoms with Crippen molar-refractivity contribution >= 4 is 28.6 Å². The first-order valence-electron chi connectivity index (χ1n) is 5.78. The van der Waals surface area contributed by atoms with E-state index in [2.05, 4.69) is 49.9 Å². The molecular weight excluding hydrogens is 315 g/mol. The van der Waals surface area contributed by atoms with Crippen LogP contribution in [0.3, 0.4) is 0 Å². The molecule has 3 heteroatoms. The van der Waals surface area contributed by atoms with E-state index >= 15 is 0 Å². The van der Waals surface area contributed by atoms with Gasteiger partial charge in [-0.05, 0) is 36.0 Å². The minimum absolute atomic E-state index is 0.0701. The molecule has 0 aromatic carbocycles. The zero-order chi connectivity index (χ0) is 12.4. The summed E-state index contributed by atoms with van der Waals surface area (Å²) in [4.78, 5) is 11.2. The number of carboxylic acids is 1. The molecule has 0 radical (unpaired) electrons. The van der Waals surface area contributed by atoms with Crippen LogP contribution >= 0.6 is 22.6 Å². The molecule has 2 saturated carbocycles. The van der Waals surface area contributed by atoms with Gasteiger partial charge in [0.2, 0.25) is 0 Å². The summed E-state index contributed by atoms with van der Waals surface area (Å²) in [7, 11) is 0. The van der Waals surface area contributed by atoms with Gasteiger partial charge in [0.15, 0.2) is 0 Å². The van der Waals surface area contributed by atoms with Gasteiger partial charge in [-0.15, -0.1) is 0 Å². The Kier molecular flexibility index (Phi) is 2.51. The molecule has 2 aliphatic carbocycles. The molecule has 2 rings (SSSR count). The first-order chi connectivity index (χ1) is 7.17. The molecular formula is C13H19IO2. The lowest BCUT2D eigenvalue weighted by Gasteiger charge is -2.45. The van der Waals surface area contributed by atoms with Crippen molar-refractivity contribution in [3.63, 3.8) is 0 Å². The van der Waals surface area contributed by atoms with Crippen LogP contribution in [0.15, 0.2) is 12.2 Å². The van der Waals surface area contributed by atoms with Gasteiger partial charge in [0.05, 0.1) is 3.42 Å². The van der Waals surface area contributed by atoms with E-state index in [9.17, 15) is 9.90 Å². The number of aliphatic carboxylic acids is 1. The van der Waals surface area contributed by atoms with E-state index in [0.29, 0.717) is 11.5 Å². The molecule has 2 fully saturated rings. The highest BCUT2D eigenvalue weighted by Gasteiger charge is 2.69. The van der Waals surface area contributed by atoms with E-state index in [0.717, 1.165) is 12.8 Å². The van der Waals surface area contributed by atoms with Crippen LogP contribution in [-0.2, 0) is 4.79 Å². The van der Waals surface area contributed by atoms with Gasteiger partial charge < -0.3 is 5.11 Å². The van der Waals surface area contributed by atoms with Crippen molar-refractivity contribution in [3.05, 3.63) is 12.2 Å². The molecule has 90 valence electrons. The highest BCUT2D eigenvalue weighted by Crippen LogP contribution is 2.74. The fourth-order valence-electron chi connectivity index (χ4n) is 3.85. The van der Waals surface area contributed by atoms with Gasteiger partial charge in [-0.25, -0.2) is 4.79 Å². The molecule has 0 aromatic rings. The maximum absolute atomic E-state index is 11.2. The minimum atomic E-state index is -0.834. The second-order valence-electron chi connectivity index (χ2n) is 6.08. The van der Waals surface area contributed by atoms with Crippen LogP contribution in [0.2, 0.25) is 0 Å². The summed E-state index contributed by atoms with van der Waals surface area (Å²) in [6.07, 6.45) is 3.34. The number of carbonyl (C=O) groups is 1. The van der Waals surface area contributed by atoms with E-state index in [4.69, 9.17) is 0 Å².